The summed E-state index contributed by atoms with van der Waals surface area (Å²) in [4.78, 5) is 23.2. The van der Waals surface area contributed by atoms with Gasteiger partial charge >= 0.3 is 6.18 Å². The van der Waals surface area contributed by atoms with Gasteiger partial charge in [-0.1, -0.05) is 31.2 Å². The Morgan fingerprint density at radius 3 is 2.07 bits per heavy atom. The van der Waals surface area contributed by atoms with Crippen LogP contribution in [0.25, 0.3) is 0 Å². The van der Waals surface area contributed by atoms with Crippen LogP contribution < -0.4 is 10.6 Å². The van der Waals surface area contributed by atoms with E-state index >= 15 is 0 Å². The van der Waals surface area contributed by atoms with Crippen molar-refractivity contribution in [3.05, 3.63) is 65.2 Å². The first-order valence-corrected chi connectivity index (χ1v) is 8.95. The second kappa shape index (κ2) is 9.39. The molecular weight excluding hydrogens is 369 g/mol. The predicted molar refractivity (Wildman–Crippen MR) is 102 cm³/mol. The smallest absolute Gasteiger partial charge is 0.356 e. The second-order valence-corrected chi connectivity index (χ2v) is 6.72. The van der Waals surface area contributed by atoms with Crippen LogP contribution in [0.3, 0.4) is 0 Å². The molecule has 0 spiro atoms. The van der Waals surface area contributed by atoms with E-state index in [1.807, 2.05) is 12.1 Å². The standard InChI is InChI=1S/C21H23F3N2O2/c1-14(13-17-3-7-18(8-4-17)21(22,23)24)20(28)25-12-11-16-5-9-19(10-6-16)26-15(2)27/h3-10,14H,11-13H2,1-2H3,(H,25,28)(H,26,27). The lowest BCUT2D eigenvalue weighted by Gasteiger charge is -2.13. The third-order valence-corrected chi connectivity index (χ3v) is 4.26. The Labute approximate surface area is 162 Å². The molecular formula is C21H23F3N2O2. The average Bonchev–Trinajstić information content (AvgIpc) is 2.62. The lowest BCUT2D eigenvalue weighted by molar-refractivity contribution is -0.137. The number of hydrogen-bond donors (Lipinski definition) is 2. The van der Waals surface area contributed by atoms with Crippen molar-refractivity contribution in [2.75, 3.05) is 11.9 Å². The lowest BCUT2D eigenvalue weighted by Crippen LogP contribution is -2.31. The molecule has 2 rings (SSSR count). The van der Waals surface area contributed by atoms with Crippen LogP contribution in [0.1, 0.15) is 30.5 Å². The maximum absolute atomic E-state index is 12.6. The minimum atomic E-state index is -4.36. The molecule has 0 fully saturated rings. The van der Waals surface area contributed by atoms with Crippen molar-refractivity contribution in [2.24, 2.45) is 5.92 Å². The van der Waals surface area contributed by atoms with Gasteiger partial charge in [0.05, 0.1) is 5.56 Å². The van der Waals surface area contributed by atoms with Crippen LogP contribution >= 0.6 is 0 Å². The molecule has 0 aromatic heterocycles. The van der Waals surface area contributed by atoms with Gasteiger partial charge in [0.25, 0.3) is 0 Å². The summed E-state index contributed by atoms with van der Waals surface area (Å²) in [5.74, 6) is -0.629. The number of carbonyl (C=O) groups is 2. The van der Waals surface area contributed by atoms with Gasteiger partial charge in [0.2, 0.25) is 11.8 Å². The fourth-order valence-electron chi connectivity index (χ4n) is 2.74. The number of hydrogen-bond acceptors (Lipinski definition) is 2. The largest absolute Gasteiger partial charge is 0.416 e. The summed E-state index contributed by atoms with van der Waals surface area (Å²) in [7, 11) is 0. The summed E-state index contributed by atoms with van der Waals surface area (Å²) < 4.78 is 37.8. The Hall–Kier alpha value is -2.83. The van der Waals surface area contributed by atoms with E-state index in [0.29, 0.717) is 30.6 Å². The Kier molecular flexibility index (Phi) is 7.20. The summed E-state index contributed by atoms with van der Waals surface area (Å²) in [6.45, 7) is 3.64. The molecule has 7 heteroatoms. The van der Waals surface area contributed by atoms with Gasteiger partial charge in [-0.2, -0.15) is 13.2 Å². The van der Waals surface area contributed by atoms with E-state index in [1.165, 1.54) is 19.1 Å². The number of amides is 2. The molecule has 2 amide bonds. The number of nitrogens with one attached hydrogen (secondary N) is 2. The topological polar surface area (TPSA) is 58.2 Å². The van der Waals surface area contributed by atoms with Crippen molar-refractivity contribution in [3.63, 3.8) is 0 Å². The molecule has 2 aromatic carbocycles. The minimum Gasteiger partial charge on any atom is -0.356 e. The zero-order valence-corrected chi connectivity index (χ0v) is 15.8. The molecule has 2 N–H and O–H groups in total. The van der Waals surface area contributed by atoms with Gasteiger partial charge in [0, 0.05) is 25.1 Å². The zero-order chi connectivity index (χ0) is 20.7. The normalized spacial score (nSPS) is 12.3. The summed E-state index contributed by atoms with van der Waals surface area (Å²) >= 11 is 0. The predicted octanol–water partition coefficient (Wildman–Crippen LogP) is 4.20. The van der Waals surface area contributed by atoms with E-state index in [0.717, 1.165) is 17.7 Å². The van der Waals surface area contributed by atoms with Gasteiger partial charge in [-0.3, -0.25) is 9.59 Å². The average molecular weight is 392 g/mol. The lowest BCUT2D eigenvalue weighted by atomic mass is 9.99. The van der Waals surface area contributed by atoms with E-state index in [9.17, 15) is 22.8 Å². The second-order valence-electron chi connectivity index (χ2n) is 6.72. The molecule has 0 aliphatic rings. The number of benzene rings is 2. The molecule has 4 nitrogen and oxygen atoms in total. The van der Waals surface area contributed by atoms with Crippen molar-refractivity contribution >= 4 is 17.5 Å². The first kappa shape index (κ1) is 21.5. The molecule has 0 radical (unpaired) electrons. The number of rotatable bonds is 7. The molecule has 0 heterocycles. The van der Waals surface area contributed by atoms with Crippen molar-refractivity contribution in [1.29, 1.82) is 0 Å². The van der Waals surface area contributed by atoms with Gasteiger partial charge in [0.15, 0.2) is 0 Å². The molecule has 0 saturated heterocycles. The van der Waals surface area contributed by atoms with Crippen molar-refractivity contribution in [1.82, 2.24) is 5.32 Å². The fourth-order valence-corrected chi connectivity index (χ4v) is 2.74. The van der Waals surface area contributed by atoms with Crippen LogP contribution in [-0.2, 0) is 28.6 Å². The van der Waals surface area contributed by atoms with Gasteiger partial charge in [-0.25, -0.2) is 0 Å². The quantitative estimate of drug-likeness (QED) is 0.742. The van der Waals surface area contributed by atoms with Gasteiger partial charge in [-0.15, -0.1) is 0 Å². The number of carbonyl (C=O) groups excluding carboxylic acids is 2. The molecule has 1 unspecified atom stereocenters. The molecule has 28 heavy (non-hydrogen) atoms. The van der Waals surface area contributed by atoms with Crippen molar-refractivity contribution in [3.8, 4) is 0 Å². The van der Waals surface area contributed by atoms with E-state index in [4.69, 9.17) is 0 Å². The number of anilines is 1. The summed E-state index contributed by atoms with van der Waals surface area (Å²) in [6.07, 6.45) is -3.35. The van der Waals surface area contributed by atoms with Crippen LogP contribution in [0.4, 0.5) is 18.9 Å². The molecule has 1 atom stereocenters. The highest BCUT2D eigenvalue weighted by Gasteiger charge is 2.30. The Bertz CT molecular complexity index is 800. The van der Waals surface area contributed by atoms with Crippen LogP contribution in [0.2, 0.25) is 0 Å². The molecule has 150 valence electrons. The molecule has 0 aliphatic heterocycles. The zero-order valence-electron chi connectivity index (χ0n) is 15.8. The van der Waals surface area contributed by atoms with Crippen molar-refractivity contribution < 1.29 is 22.8 Å². The highest BCUT2D eigenvalue weighted by molar-refractivity contribution is 5.88. The van der Waals surface area contributed by atoms with Gasteiger partial charge in [0.1, 0.15) is 0 Å². The molecule has 0 bridgehead atoms. The van der Waals surface area contributed by atoms with Gasteiger partial charge in [-0.05, 0) is 48.2 Å². The Morgan fingerprint density at radius 2 is 1.54 bits per heavy atom. The highest BCUT2D eigenvalue weighted by Crippen LogP contribution is 2.29. The summed E-state index contributed by atoms with van der Waals surface area (Å²) in [5.41, 5.74) is 1.72. The Balaban J connectivity index is 1.78. The summed E-state index contributed by atoms with van der Waals surface area (Å²) in [6, 6.07) is 12.2. The van der Waals surface area contributed by atoms with Crippen LogP contribution in [0.5, 0.6) is 0 Å². The number of alkyl halides is 3. The van der Waals surface area contributed by atoms with E-state index in [-0.39, 0.29) is 17.7 Å². The highest BCUT2D eigenvalue weighted by atomic mass is 19.4. The van der Waals surface area contributed by atoms with E-state index in [1.54, 1.807) is 19.1 Å². The monoisotopic (exact) mass is 392 g/mol. The maximum Gasteiger partial charge on any atom is 0.416 e. The van der Waals surface area contributed by atoms with Crippen LogP contribution in [-0.4, -0.2) is 18.4 Å². The van der Waals surface area contributed by atoms with Crippen LogP contribution in [0, 0.1) is 5.92 Å². The molecule has 0 saturated carbocycles. The van der Waals surface area contributed by atoms with Gasteiger partial charge < -0.3 is 10.6 Å². The molecule has 0 aliphatic carbocycles. The summed E-state index contributed by atoms with van der Waals surface area (Å²) in [5, 5.41) is 5.53. The van der Waals surface area contributed by atoms with Crippen LogP contribution in [0.15, 0.2) is 48.5 Å². The minimum absolute atomic E-state index is 0.137. The first-order valence-electron chi connectivity index (χ1n) is 8.95. The number of halogens is 3. The third-order valence-electron chi connectivity index (χ3n) is 4.26. The van der Waals surface area contributed by atoms with Crippen molar-refractivity contribution in [2.45, 2.75) is 32.9 Å². The maximum atomic E-state index is 12.6. The SMILES string of the molecule is CC(=O)Nc1ccc(CCNC(=O)C(C)Cc2ccc(C(F)(F)F)cc2)cc1. The molecule has 2 aromatic rings. The first-order chi connectivity index (χ1) is 13.1. The fraction of sp³-hybridized carbons (Fsp3) is 0.333. The van der Waals surface area contributed by atoms with E-state index in [2.05, 4.69) is 10.6 Å². The third kappa shape index (κ3) is 6.72. The Morgan fingerprint density at radius 1 is 0.964 bits per heavy atom. The van der Waals surface area contributed by atoms with E-state index < -0.39 is 11.7 Å².